The highest BCUT2D eigenvalue weighted by atomic mass is 32.1. The largest absolute Gasteiger partial charge is 0.477 e. The molecule has 0 bridgehead atoms. The number of aromatic nitrogens is 1. The van der Waals surface area contributed by atoms with Gasteiger partial charge in [0.15, 0.2) is 0 Å². The van der Waals surface area contributed by atoms with Crippen LogP contribution in [0.2, 0.25) is 0 Å². The average Bonchev–Trinajstić information content (AvgIpc) is 2.62. The molecule has 0 saturated carbocycles. The molecule has 1 aromatic heterocycles. The van der Waals surface area contributed by atoms with Crippen LogP contribution in [0.5, 0.6) is 0 Å². The molecule has 2 N–H and O–H groups in total. The van der Waals surface area contributed by atoms with Gasteiger partial charge in [0.25, 0.3) is 0 Å². The first kappa shape index (κ1) is 12.1. The number of nitrogens with zero attached hydrogens (tertiary/aromatic N) is 1. The molecule has 1 aromatic rings. The molecule has 0 atom stereocenters. The van der Waals surface area contributed by atoms with Crippen LogP contribution in [0.3, 0.4) is 0 Å². The molecule has 5 heteroatoms. The number of hydrogen-bond acceptors (Lipinski definition) is 4. The minimum Gasteiger partial charge on any atom is -0.477 e. The molecular weight excluding hydrogens is 212 g/mol. The molecule has 0 fully saturated rings. The summed E-state index contributed by atoms with van der Waals surface area (Å²) in [6.07, 6.45) is 1.74. The fourth-order valence-electron chi connectivity index (χ4n) is 1.26. The maximum absolute atomic E-state index is 10.9. The van der Waals surface area contributed by atoms with Crippen molar-refractivity contribution in [2.45, 2.75) is 33.2 Å². The van der Waals surface area contributed by atoms with Crippen molar-refractivity contribution in [1.29, 1.82) is 0 Å². The third-order valence-corrected chi connectivity index (χ3v) is 3.06. The molecule has 0 radical (unpaired) electrons. The minimum atomic E-state index is -0.869. The zero-order valence-corrected chi connectivity index (χ0v) is 9.86. The number of rotatable bonds is 6. The maximum atomic E-state index is 10.9. The Labute approximate surface area is 93.4 Å². The number of hydrogen-bond donors (Lipinski definition) is 2. The van der Waals surface area contributed by atoms with Crippen LogP contribution in [0, 0.1) is 0 Å². The molecule has 4 nitrogen and oxygen atoms in total. The van der Waals surface area contributed by atoms with Gasteiger partial charge in [0.2, 0.25) is 0 Å². The predicted molar refractivity (Wildman–Crippen MR) is 60.4 cm³/mol. The summed E-state index contributed by atoms with van der Waals surface area (Å²) in [6, 6.07) is 0. The summed E-state index contributed by atoms with van der Waals surface area (Å²) in [7, 11) is 0. The fourth-order valence-corrected chi connectivity index (χ4v) is 2.22. The number of carboxylic acids is 1. The van der Waals surface area contributed by atoms with E-state index in [9.17, 15) is 4.79 Å². The quantitative estimate of drug-likeness (QED) is 0.730. The van der Waals surface area contributed by atoms with E-state index < -0.39 is 5.97 Å². The Kier molecular flexibility index (Phi) is 4.71. The first-order valence-corrected chi connectivity index (χ1v) is 5.93. The number of aromatic carboxylic acids is 1. The Hall–Kier alpha value is -0.940. The Morgan fingerprint density at radius 1 is 1.53 bits per heavy atom. The number of thiazole rings is 1. The lowest BCUT2D eigenvalue weighted by molar-refractivity contribution is 0.0701. The third-order valence-electron chi connectivity index (χ3n) is 1.97. The molecule has 1 rings (SSSR count). The Morgan fingerprint density at radius 3 is 2.73 bits per heavy atom. The lowest BCUT2D eigenvalue weighted by Gasteiger charge is -1.97. The molecule has 0 aliphatic carbocycles. The maximum Gasteiger partial charge on any atom is 0.347 e. The predicted octanol–water partition coefficient (Wildman–Crippen LogP) is 1.90. The summed E-state index contributed by atoms with van der Waals surface area (Å²) in [5.74, 6) is -0.869. The van der Waals surface area contributed by atoms with Crippen LogP contribution in [0.15, 0.2) is 0 Å². The first-order chi connectivity index (χ1) is 7.19. The second-order valence-corrected chi connectivity index (χ2v) is 4.30. The van der Waals surface area contributed by atoms with E-state index in [2.05, 4.69) is 17.2 Å². The van der Waals surface area contributed by atoms with Gasteiger partial charge in [-0.05, 0) is 19.4 Å². The molecule has 0 saturated heterocycles. The number of aryl methyl sites for hydroxylation is 1. The summed E-state index contributed by atoms with van der Waals surface area (Å²) in [5, 5.41) is 13.0. The highest BCUT2D eigenvalue weighted by molar-refractivity contribution is 7.13. The Morgan fingerprint density at radius 2 is 2.27 bits per heavy atom. The SMILES string of the molecule is CCCNCc1nc(CC)c(C(=O)O)s1. The monoisotopic (exact) mass is 228 g/mol. The lowest BCUT2D eigenvalue weighted by atomic mass is 10.3. The van der Waals surface area contributed by atoms with Gasteiger partial charge in [-0.1, -0.05) is 13.8 Å². The van der Waals surface area contributed by atoms with Crippen LogP contribution in [0.1, 0.15) is 40.6 Å². The van der Waals surface area contributed by atoms with Crippen molar-refractivity contribution in [3.63, 3.8) is 0 Å². The molecule has 1 heterocycles. The zero-order chi connectivity index (χ0) is 11.3. The smallest absolute Gasteiger partial charge is 0.347 e. The van der Waals surface area contributed by atoms with Gasteiger partial charge in [-0.2, -0.15) is 0 Å². The van der Waals surface area contributed by atoms with Crippen molar-refractivity contribution >= 4 is 17.3 Å². The van der Waals surface area contributed by atoms with Crippen LogP contribution in [-0.2, 0) is 13.0 Å². The van der Waals surface area contributed by atoms with Crippen molar-refractivity contribution in [3.05, 3.63) is 15.6 Å². The van der Waals surface area contributed by atoms with E-state index in [4.69, 9.17) is 5.11 Å². The van der Waals surface area contributed by atoms with Gasteiger partial charge in [0.1, 0.15) is 9.88 Å². The Bertz CT molecular complexity index is 336. The first-order valence-electron chi connectivity index (χ1n) is 5.11. The van der Waals surface area contributed by atoms with Gasteiger partial charge < -0.3 is 10.4 Å². The molecule has 0 aliphatic rings. The molecule has 0 aromatic carbocycles. The normalized spacial score (nSPS) is 10.5. The molecule has 0 unspecified atom stereocenters. The van der Waals surface area contributed by atoms with E-state index in [1.807, 2.05) is 6.92 Å². The van der Waals surface area contributed by atoms with Crippen LogP contribution in [0.4, 0.5) is 0 Å². The Balaban J connectivity index is 2.70. The van der Waals surface area contributed by atoms with Gasteiger partial charge in [-0.25, -0.2) is 9.78 Å². The molecular formula is C10H16N2O2S. The van der Waals surface area contributed by atoms with E-state index in [-0.39, 0.29) is 0 Å². The molecule has 0 amide bonds. The van der Waals surface area contributed by atoms with Crippen LogP contribution >= 0.6 is 11.3 Å². The number of carboxylic acid groups (broad SMARTS) is 1. The lowest BCUT2D eigenvalue weighted by Crippen LogP contribution is -2.13. The van der Waals surface area contributed by atoms with Crippen LogP contribution in [0.25, 0.3) is 0 Å². The van der Waals surface area contributed by atoms with Crippen LogP contribution in [-0.4, -0.2) is 22.6 Å². The van der Waals surface area contributed by atoms with E-state index in [1.165, 1.54) is 11.3 Å². The molecule has 84 valence electrons. The van der Waals surface area contributed by atoms with Crippen molar-refractivity contribution in [2.75, 3.05) is 6.54 Å². The summed E-state index contributed by atoms with van der Waals surface area (Å²) in [6.45, 7) is 5.61. The van der Waals surface area contributed by atoms with Crippen molar-refractivity contribution in [2.24, 2.45) is 0 Å². The molecule has 15 heavy (non-hydrogen) atoms. The van der Waals surface area contributed by atoms with E-state index in [1.54, 1.807) is 0 Å². The van der Waals surface area contributed by atoms with Crippen molar-refractivity contribution in [1.82, 2.24) is 10.3 Å². The van der Waals surface area contributed by atoms with Gasteiger partial charge in [-0.15, -0.1) is 11.3 Å². The summed E-state index contributed by atoms with van der Waals surface area (Å²) in [5.41, 5.74) is 0.695. The van der Waals surface area contributed by atoms with Crippen molar-refractivity contribution in [3.8, 4) is 0 Å². The number of nitrogens with one attached hydrogen (secondary N) is 1. The van der Waals surface area contributed by atoms with Gasteiger partial charge in [0, 0.05) is 6.54 Å². The van der Waals surface area contributed by atoms with Gasteiger partial charge >= 0.3 is 5.97 Å². The third kappa shape index (κ3) is 3.28. The van der Waals surface area contributed by atoms with E-state index in [0.717, 1.165) is 18.0 Å². The number of carbonyl (C=O) groups is 1. The second kappa shape index (κ2) is 5.82. The highest BCUT2D eigenvalue weighted by Gasteiger charge is 2.15. The summed E-state index contributed by atoms with van der Waals surface area (Å²) < 4.78 is 0. The molecule has 0 spiro atoms. The zero-order valence-electron chi connectivity index (χ0n) is 9.04. The molecule has 0 aliphatic heterocycles. The standard InChI is InChI=1S/C10H16N2O2S/c1-3-5-11-6-8-12-7(4-2)9(15-8)10(13)14/h11H,3-6H2,1-2H3,(H,13,14). The summed E-state index contributed by atoms with van der Waals surface area (Å²) >= 11 is 1.27. The minimum absolute atomic E-state index is 0.380. The van der Waals surface area contributed by atoms with Gasteiger partial charge in [-0.3, -0.25) is 0 Å². The van der Waals surface area contributed by atoms with E-state index in [0.29, 0.717) is 23.5 Å². The summed E-state index contributed by atoms with van der Waals surface area (Å²) in [4.78, 5) is 15.6. The highest BCUT2D eigenvalue weighted by Crippen LogP contribution is 2.19. The topological polar surface area (TPSA) is 62.2 Å². The van der Waals surface area contributed by atoms with Gasteiger partial charge in [0.05, 0.1) is 5.69 Å². The van der Waals surface area contributed by atoms with E-state index >= 15 is 0 Å². The second-order valence-electron chi connectivity index (χ2n) is 3.22. The van der Waals surface area contributed by atoms with Crippen molar-refractivity contribution < 1.29 is 9.90 Å². The average molecular weight is 228 g/mol. The fraction of sp³-hybridized carbons (Fsp3) is 0.600. The van der Waals surface area contributed by atoms with Crippen LogP contribution < -0.4 is 5.32 Å².